The van der Waals surface area contributed by atoms with E-state index in [1.165, 1.54) is 6.07 Å². The second-order valence-corrected chi connectivity index (χ2v) is 6.15. The highest BCUT2D eigenvalue weighted by molar-refractivity contribution is 7.90. The Morgan fingerprint density at radius 3 is 2.52 bits per heavy atom. The van der Waals surface area contributed by atoms with Crippen molar-refractivity contribution in [2.45, 2.75) is 17.9 Å². The number of carbonyl (C=O) groups is 1. The van der Waals surface area contributed by atoms with Crippen LogP contribution in [0.1, 0.15) is 12.0 Å². The molecule has 2 aromatic rings. The summed E-state index contributed by atoms with van der Waals surface area (Å²) in [4.78, 5) is 15.0. The second-order valence-electron chi connectivity index (χ2n) is 4.55. The van der Waals surface area contributed by atoms with Crippen LogP contribution in [0.3, 0.4) is 0 Å². The fourth-order valence-corrected chi connectivity index (χ4v) is 2.81. The van der Waals surface area contributed by atoms with Gasteiger partial charge < -0.3 is 0 Å². The molecule has 0 fully saturated rings. The lowest BCUT2D eigenvalue weighted by Crippen LogP contribution is -2.32. The quantitative estimate of drug-likeness (QED) is 0.899. The maximum Gasteiger partial charge on any atom is 0.284 e. The minimum absolute atomic E-state index is 0.0583. The molecule has 0 radical (unpaired) electrons. The van der Waals surface area contributed by atoms with Crippen LogP contribution in [-0.4, -0.2) is 19.3 Å². The molecule has 9 heteroatoms. The largest absolute Gasteiger partial charge is 0.284 e. The molecular weight excluding hydrogens is 333 g/mol. The maximum absolute atomic E-state index is 13.4. The number of hydrogen-bond acceptors (Lipinski definition) is 4. The highest BCUT2D eigenvalue weighted by Crippen LogP contribution is 2.13. The van der Waals surface area contributed by atoms with Gasteiger partial charge in [-0.25, -0.2) is 22.9 Å². The van der Waals surface area contributed by atoms with E-state index >= 15 is 0 Å². The smallest absolute Gasteiger partial charge is 0.274 e. The summed E-state index contributed by atoms with van der Waals surface area (Å²) in [5.74, 6) is -3.66. The van der Waals surface area contributed by atoms with Crippen molar-refractivity contribution >= 4 is 15.9 Å². The van der Waals surface area contributed by atoms with Gasteiger partial charge in [0.2, 0.25) is 10.9 Å². The Labute approximate surface area is 130 Å². The number of rotatable bonds is 5. The van der Waals surface area contributed by atoms with Gasteiger partial charge in [0.25, 0.3) is 10.0 Å². The average molecular weight is 344 g/mol. The molecule has 1 aromatic carbocycles. The Morgan fingerprint density at radius 1 is 1.13 bits per heavy atom. The predicted octanol–water partition coefficient (Wildman–Crippen LogP) is 1.94. The fourth-order valence-electron chi connectivity index (χ4n) is 1.79. The number of amides is 1. The molecule has 122 valence electrons. The summed E-state index contributed by atoms with van der Waals surface area (Å²) in [6, 6.07) is 4.93. The van der Waals surface area contributed by atoms with Crippen molar-refractivity contribution in [3.05, 3.63) is 59.5 Å². The molecule has 1 N–H and O–H groups in total. The number of aryl methyl sites for hydroxylation is 1. The van der Waals surface area contributed by atoms with E-state index in [9.17, 15) is 26.4 Å². The minimum atomic E-state index is -4.45. The molecule has 0 saturated heterocycles. The van der Waals surface area contributed by atoms with Crippen LogP contribution in [-0.2, 0) is 21.2 Å². The number of sulfonamides is 1. The van der Waals surface area contributed by atoms with Crippen molar-refractivity contribution in [1.29, 1.82) is 0 Å². The Bertz CT molecular complexity index is 841. The van der Waals surface area contributed by atoms with Gasteiger partial charge in [-0.1, -0.05) is 6.07 Å². The number of nitrogens with zero attached hydrogens (tertiary/aromatic N) is 1. The second kappa shape index (κ2) is 6.78. The third kappa shape index (κ3) is 4.28. The normalized spacial score (nSPS) is 11.3. The van der Waals surface area contributed by atoms with E-state index in [0.29, 0.717) is 6.07 Å². The van der Waals surface area contributed by atoms with E-state index in [2.05, 4.69) is 4.98 Å². The van der Waals surface area contributed by atoms with Crippen LogP contribution < -0.4 is 4.72 Å². The number of carbonyl (C=O) groups excluding carboxylic acids is 1. The number of benzene rings is 1. The van der Waals surface area contributed by atoms with E-state index in [-0.39, 0.29) is 18.4 Å². The first-order valence-electron chi connectivity index (χ1n) is 6.39. The van der Waals surface area contributed by atoms with Crippen molar-refractivity contribution in [3.63, 3.8) is 0 Å². The first kappa shape index (κ1) is 16.9. The molecule has 23 heavy (non-hydrogen) atoms. The van der Waals surface area contributed by atoms with Gasteiger partial charge in [0.1, 0.15) is 11.6 Å². The fraction of sp³-hybridized carbons (Fsp3) is 0.143. The zero-order valence-electron chi connectivity index (χ0n) is 11.6. The van der Waals surface area contributed by atoms with Crippen LogP contribution in [0.2, 0.25) is 0 Å². The zero-order chi connectivity index (χ0) is 17.0. The number of hydrogen-bond donors (Lipinski definition) is 1. The summed E-state index contributed by atoms with van der Waals surface area (Å²) >= 11 is 0. The molecule has 0 aliphatic rings. The minimum Gasteiger partial charge on any atom is -0.274 e. The summed E-state index contributed by atoms with van der Waals surface area (Å²) in [6.45, 7) is 0. The Morgan fingerprint density at radius 2 is 1.87 bits per heavy atom. The van der Waals surface area contributed by atoms with Crippen LogP contribution >= 0.6 is 0 Å². The summed E-state index contributed by atoms with van der Waals surface area (Å²) in [5, 5.41) is -0.902. The monoisotopic (exact) mass is 344 g/mol. The molecule has 0 saturated carbocycles. The number of pyridine rings is 1. The molecule has 1 aromatic heterocycles. The molecule has 0 unspecified atom stereocenters. The van der Waals surface area contributed by atoms with Crippen molar-refractivity contribution in [2.24, 2.45) is 0 Å². The van der Waals surface area contributed by atoms with E-state index in [0.717, 1.165) is 24.4 Å². The average Bonchev–Trinajstić information content (AvgIpc) is 2.46. The third-order valence-corrected chi connectivity index (χ3v) is 4.17. The lowest BCUT2D eigenvalue weighted by atomic mass is 10.1. The van der Waals surface area contributed by atoms with Gasteiger partial charge in [0, 0.05) is 18.7 Å². The van der Waals surface area contributed by atoms with Crippen molar-refractivity contribution < 1.29 is 26.4 Å². The highest BCUT2D eigenvalue weighted by Gasteiger charge is 2.23. The SMILES string of the molecule is O=C(CCc1ccc(F)cc1F)NS(=O)(=O)c1ncccc1F. The van der Waals surface area contributed by atoms with Crippen LogP contribution in [0.4, 0.5) is 13.2 Å². The van der Waals surface area contributed by atoms with Crippen LogP contribution in [0.5, 0.6) is 0 Å². The van der Waals surface area contributed by atoms with E-state index in [1.54, 1.807) is 4.72 Å². The molecule has 0 aliphatic heterocycles. The van der Waals surface area contributed by atoms with Gasteiger partial charge >= 0.3 is 0 Å². The standard InChI is InChI=1S/C14H11F3N2O3S/c15-10-5-3-9(12(17)8-10)4-6-13(20)19-23(21,22)14-11(16)2-1-7-18-14/h1-3,5,7-8H,4,6H2,(H,19,20). The summed E-state index contributed by atoms with van der Waals surface area (Å²) in [7, 11) is -4.45. The molecule has 5 nitrogen and oxygen atoms in total. The van der Waals surface area contributed by atoms with Crippen molar-refractivity contribution in [1.82, 2.24) is 9.71 Å². The molecule has 0 bridgehead atoms. The van der Waals surface area contributed by atoms with Gasteiger partial charge in [-0.2, -0.15) is 8.42 Å². The molecule has 1 heterocycles. The number of aromatic nitrogens is 1. The van der Waals surface area contributed by atoms with Gasteiger partial charge in [-0.15, -0.1) is 0 Å². The van der Waals surface area contributed by atoms with E-state index < -0.39 is 38.4 Å². The Kier molecular flexibility index (Phi) is 4.99. The lowest BCUT2D eigenvalue weighted by Gasteiger charge is -2.07. The highest BCUT2D eigenvalue weighted by atomic mass is 32.2. The van der Waals surface area contributed by atoms with Crippen LogP contribution in [0.25, 0.3) is 0 Å². The van der Waals surface area contributed by atoms with Gasteiger partial charge in [0.15, 0.2) is 5.82 Å². The van der Waals surface area contributed by atoms with E-state index in [1.807, 2.05) is 0 Å². The molecule has 1 amide bonds. The lowest BCUT2D eigenvalue weighted by molar-refractivity contribution is -0.119. The first-order valence-corrected chi connectivity index (χ1v) is 7.88. The van der Waals surface area contributed by atoms with Crippen LogP contribution in [0, 0.1) is 17.5 Å². The summed E-state index contributed by atoms with van der Waals surface area (Å²) in [5.41, 5.74) is 0.0583. The van der Waals surface area contributed by atoms with Gasteiger partial charge in [-0.05, 0) is 30.2 Å². The summed E-state index contributed by atoms with van der Waals surface area (Å²) in [6.07, 6.45) is 0.546. The Hall–Kier alpha value is -2.42. The van der Waals surface area contributed by atoms with Crippen molar-refractivity contribution in [2.75, 3.05) is 0 Å². The molecular formula is C14H11F3N2O3S. The molecule has 0 spiro atoms. The first-order chi connectivity index (χ1) is 10.8. The molecule has 0 aliphatic carbocycles. The predicted molar refractivity (Wildman–Crippen MR) is 74.2 cm³/mol. The van der Waals surface area contributed by atoms with Crippen molar-refractivity contribution in [3.8, 4) is 0 Å². The number of nitrogens with one attached hydrogen (secondary N) is 1. The maximum atomic E-state index is 13.4. The van der Waals surface area contributed by atoms with E-state index in [4.69, 9.17) is 0 Å². The zero-order valence-corrected chi connectivity index (χ0v) is 12.4. The Balaban J connectivity index is 2.03. The van der Waals surface area contributed by atoms with Crippen LogP contribution in [0.15, 0.2) is 41.6 Å². The number of halogens is 3. The molecule has 0 atom stereocenters. The van der Waals surface area contributed by atoms with Gasteiger partial charge in [0.05, 0.1) is 0 Å². The molecule has 2 rings (SSSR count). The van der Waals surface area contributed by atoms with Gasteiger partial charge in [-0.3, -0.25) is 4.79 Å². The summed E-state index contributed by atoms with van der Waals surface area (Å²) < 4.78 is 64.9. The third-order valence-electron chi connectivity index (χ3n) is 2.86. The topological polar surface area (TPSA) is 76.1 Å².